The van der Waals surface area contributed by atoms with Gasteiger partial charge in [-0.3, -0.25) is 9.89 Å². The highest BCUT2D eigenvalue weighted by atomic mass is 16.5. The molecule has 0 unspecified atom stereocenters. The average Bonchev–Trinajstić information content (AvgIpc) is 2.85. The second-order valence-corrected chi connectivity index (χ2v) is 4.02. The van der Waals surface area contributed by atoms with Crippen molar-refractivity contribution < 1.29 is 9.53 Å². The molecule has 0 atom stereocenters. The van der Waals surface area contributed by atoms with E-state index in [1.165, 1.54) is 6.07 Å². The molecule has 0 saturated heterocycles. The first-order chi connectivity index (χ1) is 9.69. The first kappa shape index (κ1) is 13.7. The Morgan fingerprint density at radius 1 is 1.30 bits per heavy atom. The molecular weight excluding hydrogens is 260 g/mol. The SMILES string of the molecule is CCOc1ccccc1NC(=O)NCc1cc(=O)[nH][nH]1. The minimum absolute atomic E-state index is 0.224. The molecule has 0 aliphatic rings. The Balaban J connectivity index is 1.92. The number of para-hydroxylation sites is 2. The highest BCUT2D eigenvalue weighted by Gasteiger charge is 2.07. The van der Waals surface area contributed by atoms with Crippen LogP contribution in [0.25, 0.3) is 0 Å². The number of aromatic nitrogens is 2. The fraction of sp³-hybridized carbons (Fsp3) is 0.231. The van der Waals surface area contributed by atoms with Gasteiger partial charge in [0.2, 0.25) is 0 Å². The predicted molar refractivity (Wildman–Crippen MR) is 74.9 cm³/mol. The lowest BCUT2D eigenvalue weighted by atomic mass is 10.3. The van der Waals surface area contributed by atoms with Gasteiger partial charge in [0.15, 0.2) is 0 Å². The van der Waals surface area contributed by atoms with Crippen LogP contribution >= 0.6 is 0 Å². The number of rotatable bonds is 5. The number of aromatic amines is 2. The molecule has 7 heteroatoms. The van der Waals surface area contributed by atoms with Crippen molar-refractivity contribution in [1.29, 1.82) is 0 Å². The third-order valence-electron chi connectivity index (χ3n) is 2.53. The quantitative estimate of drug-likeness (QED) is 0.664. The lowest BCUT2D eigenvalue weighted by molar-refractivity contribution is 0.251. The van der Waals surface area contributed by atoms with Crippen LogP contribution in [0.3, 0.4) is 0 Å². The van der Waals surface area contributed by atoms with Crippen LogP contribution in [0.4, 0.5) is 10.5 Å². The summed E-state index contributed by atoms with van der Waals surface area (Å²) >= 11 is 0. The molecule has 0 saturated carbocycles. The minimum Gasteiger partial charge on any atom is -0.492 e. The molecule has 106 valence electrons. The van der Waals surface area contributed by atoms with Crippen LogP contribution in [-0.2, 0) is 6.54 Å². The Hall–Kier alpha value is -2.70. The van der Waals surface area contributed by atoms with Gasteiger partial charge in [0.05, 0.1) is 24.5 Å². The summed E-state index contributed by atoms with van der Waals surface area (Å²) in [6.07, 6.45) is 0. The number of anilines is 1. The van der Waals surface area contributed by atoms with E-state index in [2.05, 4.69) is 20.8 Å². The highest BCUT2D eigenvalue weighted by Crippen LogP contribution is 2.23. The number of benzene rings is 1. The van der Waals surface area contributed by atoms with Crippen molar-refractivity contribution in [2.45, 2.75) is 13.5 Å². The molecule has 7 nitrogen and oxygen atoms in total. The molecule has 4 N–H and O–H groups in total. The van der Waals surface area contributed by atoms with E-state index in [1.807, 2.05) is 19.1 Å². The van der Waals surface area contributed by atoms with Crippen molar-refractivity contribution >= 4 is 11.7 Å². The van der Waals surface area contributed by atoms with E-state index in [9.17, 15) is 9.59 Å². The van der Waals surface area contributed by atoms with E-state index < -0.39 is 0 Å². The molecule has 0 fully saturated rings. The summed E-state index contributed by atoms with van der Waals surface area (Å²) in [7, 11) is 0. The van der Waals surface area contributed by atoms with Gasteiger partial charge in [-0.15, -0.1) is 0 Å². The molecule has 2 amide bonds. The molecule has 1 heterocycles. The largest absolute Gasteiger partial charge is 0.492 e. The van der Waals surface area contributed by atoms with Crippen molar-refractivity contribution in [1.82, 2.24) is 15.5 Å². The van der Waals surface area contributed by atoms with Gasteiger partial charge in [0, 0.05) is 6.07 Å². The van der Waals surface area contributed by atoms with Gasteiger partial charge in [-0.25, -0.2) is 4.79 Å². The molecular formula is C13H16N4O3. The molecule has 20 heavy (non-hydrogen) atoms. The van der Waals surface area contributed by atoms with E-state index in [0.29, 0.717) is 23.7 Å². The Bertz CT molecular complexity index is 632. The van der Waals surface area contributed by atoms with E-state index in [1.54, 1.807) is 12.1 Å². The van der Waals surface area contributed by atoms with E-state index in [4.69, 9.17) is 4.74 Å². The van der Waals surface area contributed by atoms with Crippen molar-refractivity contribution in [2.75, 3.05) is 11.9 Å². The molecule has 0 bridgehead atoms. The van der Waals surface area contributed by atoms with Crippen molar-refractivity contribution in [2.24, 2.45) is 0 Å². The maximum atomic E-state index is 11.8. The zero-order valence-corrected chi connectivity index (χ0v) is 11.0. The van der Waals surface area contributed by atoms with Gasteiger partial charge in [-0.2, -0.15) is 0 Å². The molecule has 1 aromatic heterocycles. The maximum absolute atomic E-state index is 11.8. The fourth-order valence-corrected chi connectivity index (χ4v) is 1.66. The summed E-state index contributed by atoms with van der Waals surface area (Å²) in [5, 5.41) is 10.4. The maximum Gasteiger partial charge on any atom is 0.319 e. The van der Waals surface area contributed by atoms with E-state index in [0.717, 1.165) is 0 Å². The van der Waals surface area contributed by atoms with Gasteiger partial charge in [0.1, 0.15) is 5.75 Å². The number of ether oxygens (including phenoxy) is 1. The highest BCUT2D eigenvalue weighted by molar-refractivity contribution is 5.90. The third-order valence-corrected chi connectivity index (χ3v) is 2.53. The number of nitrogens with one attached hydrogen (secondary N) is 4. The first-order valence-electron chi connectivity index (χ1n) is 6.22. The molecule has 2 rings (SSSR count). The summed E-state index contributed by atoms with van der Waals surface area (Å²) in [5.74, 6) is 0.611. The van der Waals surface area contributed by atoms with Gasteiger partial charge in [-0.05, 0) is 19.1 Å². The second-order valence-electron chi connectivity index (χ2n) is 4.02. The molecule has 0 aliphatic carbocycles. The Labute approximate surface area is 115 Å². The average molecular weight is 276 g/mol. The summed E-state index contributed by atoms with van der Waals surface area (Å²) < 4.78 is 5.41. The first-order valence-corrected chi connectivity index (χ1v) is 6.22. The summed E-state index contributed by atoms with van der Waals surface area (Å²) in [6, 6.07) is 8.18. The van der Waals surface area contributed by atoms with Crippen LogP contribution in [0.2, 0.25) is 0 Å². The van der Waals surface area contributed by atoms with Gasteiger partial charge in [0.25, 0.3) is 5.56 Å². The standard InChI is InChI=1S/C13H16N4O3/c1-2-20-11-6-4-3-5-10(11)15-13(19)14-8-9-7-12(18)17-16-9/h3-7H,2,8H2,1H3,(H2,14,15,19)(H2,16,17,18). The van der Waals surface area contributed by atoms with Gasteiger partial charge in [-0.1, -0.05) is 12.1 Å². The van der Waals surface area contributed by atoms with Gasteiger partial charge < -0.3 is 20.5 Å². The van der Waals surface area contributed by atoms with Crippen LogP contribution in [0.1, 0.15) is 12.6 Å². The van der Waals surface area contributed by atoms with Crippen LogP contribution < -0.4 is 20.9 Å². The third kappa shape index (κ3) is 3.64. The summed E-state index contributed by atoms with van der Waals surface area (Å²) in [5.41, 5.74) is 0.960. The number of H-pyrrole nitrogens is 2. The Morgan fingerprint density at radius 3 is 2.80 bits per heavy atom. The second kappa shape index (κ2) is 6.46. The number of hydrogen-bond donors (Lipinski definition) is 4. The number of urea groups is 1. The smallest absolute Gasteiger partial charge is 0.319 e. The monoisotopic (exact) mass is 276 g/mol. The number of carbonyl (C=O) groups excluding carboxylic acids is 1. The van der Waals surface area contributed by atoms with Crippen LogP contribution in [0.5, 0.6) is 5.75 Å². The van der Waals surface area contributed by atoms with E-state index in [-0.39, 0.29) is 18.1 Å². The zero-order valence-electron chi connectivity index (χ0n) is 11.0. The molecule has 2 aromatic rings. The molecule has 0 radical (unpaired) electrons. The van der Waals surface area contributed by atoms with Crippen molar-refractivity contribution in [3.05, 3.63) is 46.4 Å². The van der Waals surface area contributed by atoms with E-state index >= 15 is 0 Å². The number of hydrogen-bond acceptors (Lipinski definition) is 3. The minimum atomic E-state index is -0.376. The summed E-state index contributed by atoms with van der Waals surface area (Å²) in [4.78, 5) is 22.7. The van der Waals surface area contributed by atoms with Crippen molar-refractivity contribution in [3.63, 3.8) is 0 Å². The van der Waals surface area contributed by atoms with Crippen molar-refractivity contribution in [3.8, 4) is 5.75 Å². The normalized spacial score (nSPS) is 10.1. The summed E-state index contributed by atoms with van der Waals surface area (Å²) in [6.45, 7) is 2.62. The predicted octanol–water partition coefficient (Wildman–Crippen LogP) is 1.42. The number of carbonyl (C=O) groups is 1. The van der Waals surface area contributed by atoms with Crippen LogP contribution in [0.15, 0.2) is 35.1 Å². The molecule has 0 aliphatic heterocycles. The zero-order chi connectivity index (χ0) is 14.4. The van der Waals surface area contributed by atoms with Crippen LogP contribution in [-0.4, -0.2) is 22.8 Å². The fourth-order valence-electron chi connectivity index (χ4n) is 1.66. The topological polar surface area (TPSA) is 99.0 Å². The molecule has 1 aromatic carbocycles. The Morgan fingerprint density at radius 2 is 2.10 bits per heavy atom. The lowest BCUT2D eigenvalue weighted by Gasteiger charge is -2.11. The van der Waals surface area contributed by atoms with Gasteiger partial charge >= 0.3 is 6.03 Å². The molecule has 0 spiro atoms. The Kier molecular flexibility index (Phi) is 4.43. The number of amides is 2. The lowest BCUT2D eigenvalue weighted by Crippen LogP contribution is -2.28. The van der Waals surface area contributed by atoms with Crippen LogP contribution in [0, 0.1) is 0 Å².